The van der Waals surface area contributed by atoms with Crippen LogP contribution in [0.2, 0.25) is 0 Å². The molecule has 1 aliphatic heterocycles. The van der Waals surface area contributed by atoms with Crippen LogP contribution < -0.4 is 0 Å². The summed E-state index contributed by atoms with van der Waals surface area (Å²) in [5.74, 6) is 2.30. The highest BCUT2D eigenvalue weighted by Gasteiger charge is 2.58. The lowest BCUT2D eigenvalue weighted by molar-refractivity contribution is -0.153. The van der Waals surface area contributed by atoms with Crippen LogP contribution in [0.15, 0.2) is 0 Å². The van der Waals surface area contributed by atoms with E-state index in [1.54, 1.807) is 0 Å². The maximum atomic E-state index is 12.9. The Bertz CT molecular complexity index is 394. The van der Waals surface area contributed by atoms with Crippen molar-refractivity contribution >= 4 is 5.78 Å². The van der Waals surface area contributed by atoms with Gasteiger partial charge in [-0.1, -0.05) is 6.92 Å². The molecule has 2 nitrogen and oxygen atoms in total. The molecule has 4 saturated carbocycles. The van der Waals surface area contributed by atoms with Gasteiger partial charge in [0, 0.05) is 18.4 Å². The molecule has 0 aromatic rings. The Balaban J connectivity index is 1.45. The smallest absolute Gasteiger partial charge is 0.139 e. The summed E-state index contributed by atoms with van der Waals surface area (Å²) in [7, 11) is 0. The summed E-state index contributed by atoms with van der Waals surface area (Å²) in [5.41, 5.74) is 0.570. The molecule has 0 amide bonds. The molecule has 1 heterocycles. The van der Waals surface area contributed by atoms with Crippen LogP contribution in [0, 0.1) is 22.7 Å². The number of ether oxygens (including phenoxy) is 1. The van der Waals surface area contributed by atoms with E-state index < -0.39 is 0 Å². The van der Waals surface area contributed by atoms with E-state index in [-0.39, 0.29) is 5.41 Å². The average Bonchev–Trinajstić information content (AvgIpc) is 2.85. The van der Waals surface area contributed by atoms with Crippen molar-refractivity contribution in [3.05, 3.63) is 0 Å². The molecular formula is C18H28O2. The Labute approximate surface area is 122 Å². The number of hydrogen-bond donors (Lipinski definition) is 0. The molecule has 4 aliphatic carbocycles. The first kappa shape index (κ1) is 13.3. The number of ketones is 1. The second-order valence-electron chi connectivity index (χ2n) is 8.65. The van der Waals surface area contributed by atoms with Crippen LogP contribution >= 0.6 is 0 Å². The molecule has 112 valence electrons. The van der Waals surface area contributed by atoms with Gasteiger partial charge in [-0.05, 0) is 75.0 Å². The predicted molar refractivity (Wildman–Crippen MR) is 78.4 cm³/mol. The van der Waals surface area contributed by atoms with Crippen molar-refractivity contribution in [2.75, 3.05) is 6.61 Å². The van der Waals surface area contributed by atoms with Crippen molar-refractivity contribution in [3.63, 3.8) is 0 Å². The standard InChI is InChI=1S/C18H28O2/c1-17-8-13-7-14(9-17)11-18(10-13,12-17)16(19)5-4-15-3-2-6-20-15/h13-15H,2-12H2,1H3. The van der Waals surface area contributed by atoms with Gasteiger partial charge in [-0.3, -0.25) is 4.79 Å². The third kappa shape index (κ3) is 2.15. The van der Waals surface area contributed by atoms with E-state index in [1.165, 1.54) is 51.4 Å². The number of hydrogen-bond acceptors (Lipinski definition) is 2. The first-order valence-electron chi connectivity index (χ1n) is 8.72. The van der Waals surface area contributed by atoms with Crippen LogP contribution in [0.5, 0.6) is 0 Å². The van der Waals surface area contributed by atoms with Crippen LogP contribution in [-0.4, -0.2) is 18.5 Å². The summed E-state index contributed by atoms with van der Waals surface area (Å²) in [6.07, 6.45) is 12.3. The number of carbonyl (C=O) groups excluding carboxylic acids is 1. The summed E-state index contributed by atoms with van der Waals surface area (Å²) in [5, 5.41) is 0. The normalized spacial score (nSPS) is 49.8. The summed E-state index contributed by atoms with van der Waals surface area (Å²) in [6.45, 7) is 3.36. The van der Waals surface area contributed by atoms with Gasteiger partial charge >= 0.3 is 0 Å². The minimum Gasteiger partial charge on any atom is -0.378 e. The van der Waals surface area contributed by atoms with Gasteiger partial charge < -0.3 is 4.74 Å². The van der Waals surface area contributed by atoms with Crippen molar-refractivity contribution in [3.8, 4) is 0 Å². The predicted octanol–water partition coefficient (Wildman–Crippen LogP) is 4.12. The molecule has 5 aliphatic rings. The largest absolute Gasteiger partial charge is 0.378 e. The van der Waals surface area contributed by atoms with E-state index in [1.807, 2.05) is 0 Å². The van der Waals surface area contributed by atoms with E-state index in [4.69, 9.17) is 4.74 Å². The third-order valence-corrected chi connectivity index (χ3v) is 6.66. The molecule has 0 spiro atoms. The molecule has 0 aromatic heterocycles. The molecule has 5 fully saturated rings. The van der Waals surface area contributed by atoms with Crippen molar-refractivity contribution in [2.24, 2.45) is 22.7 Å². The molecule has 4 bridgehead atoms. The highest BCUT2D eigenvalue weighted by atomic mass is 16.5. The fraction of sp³-hybridized carbons (Fsp3) is 0.944. The van der Waals surface area contributed by atoms with Crippen molar-refractivity contribution in [1.82, 2.24) is 0 Å². The summed E-state index contributed by atoms with van der Waals surface area (Å²) in [6, 6.07) is 0. The van der Waals surface area contributed by atoms with Crippen molar-refractivity contribution < 1.29 is 9.53 Å². The van der Waals surface area contributed by atoms with Gasteiger partial charge in [0.15, 0.2) is 0 Å². The van der Waals surface area contributed by atoms with Crippen LogP contribution in [0.3, 0.4) is 0 Å². The first-order valence-corrected chi connectivity index (χ1v) is 8.72. The van der Waals surface area contributed by atoms with Gasteiger partial charge in [0.2, 0.25) is 0 Å². The van der Waals surface area contributed by atoms with E-state index in [0.29, 0.717) is 17.3 Å². The molecular weight excluding hydrogens is 248 g/mol. The van der Waals surface area contributed by atoms with Gasteiger partial charge in [-0.15, -0.1) is 0 Å². The third-order valence-electron chi connectivity index (χ3n) is 6.66. The van der Waals surface area contributed by atoms with Gasteiger partial charge in [0.05, 0.1) is 6.10 Å². The van der Waals surface area contributed by atoms with Crippen LogP contribution in [0.25, 0.3) is 0 Å². The number of rotatable bonds is 4. The van der Waals surface area contributed by atoms with Gasteiger partial charge in [-0.2, -0.15) is 0 Å². The van der Waals surface area contributed by atoms with Crippen molar-refractivity contribution in [2.45, 2.75) is 77.2 Å². The van der Waals surface area contributed by atoms with Gasteiger partial charge in [0.25, 0.3) is 0 Å². The summed E-state index contributed by atoms with van der Waals surface area (Å²) in [4.78, 5) is 12.9. The second-order valence-corrected chi connectivity index (χ2v) is 8.65. The van der Waals surface area contributed by atoms with Crippen molar-refractivity contribution in [1.29, 1.82) is 0 Å². The SMILES string of the molecule is CC12CC3CC(C1)CC(C(=O)CCC1CCCO1)(C3)C2. The maximum Gasteiger partial charge on any atom is 0.139 e. The van der Waals surface area contributed by atoms with E-state index in [9.17, 15) is 4.79 Å². The summed E-state index contributed by atoms with van der Waals surface area (Å²) >= 11 is 0. The number of Topliss-reactive ketones (excluding diaryl/α,β-unsaturated/α-hetero) is 1. The molecule has 3 unspecified atom stereocenters. The Kier molecular flexibility index (Phi) is 3.03. The lowest BCUT2D eigenvalue weighted by atomic mass is 9.43. The molecule has 20 heavy (non-hydrogen) atoms. The fourth-order valence-corrected chi connectivity index (χ4v) is 6.48. The zero-order valence-corrected chi connectivity index (χ0v) is 12.8. The molecule has 5 rings (SSSR count). The highest BCUT2D eigenvalue weighted by molar-refractivity contribution is 5.85. The zero-order valence-electron chi connectivity index (χ0n) is 12.8. The zero-order chi connectivity index (χ0) is 13.8. The highest BCUT2D eigenvalue weighted by Crippen LogP contribution is 2.65. The molecule has 2 heteroatoms. The van der Waals surface area contributed by atoms with E-state index in [0.717, 1.165) is 31.3 Å². The molecule has 0 N–H and O–H groups in total. The van der Waals surface area contributed by atoms with E-state index in [2.05, 4.69) is 6.92 Å². The second kappa shape index (κ2) is 4.56. The van der Waals surface area contributed by atoms with Crippen LogP contribution in [0.4, 0.5) is 0 Å². The summed E-state index contributed by atoms with van der Waals surface area (Å²) < 4.78 is 5.69. The average molecular weight is 276 g/mol. The molecule has 0 radical (unpaired) electrons. The van der Waals surface area contributed by atoms with E-state index >= 15 is 0 Å². The topological polar surface area (TPSA) is 26.3 Å². The number of carbonyl (C=O) groups is 1. The molecule has 1 saturated heterocycles. The van der Waals surface area contributed by atoms with Crippen LogP contribution in [-0.2, 0) is 9.53 Å². The Morgan fingerprint density at radius 3 is 2.55 bits per heavy atom. The minimum absolute atomic E-state index is 0.0808. The Morgan fingerprint density at radius 2 is 1.95 bits per heavy atom. The Hall–Kier alpha value is -0.370. The van der Waals surface area contributed by atoms with Gasteiger partial charge in [0.1, 0.15) is 5.78 Å². The lowest BCUT2D eigenvalue weighted by Gasteiger charge is -2.60. The maximum absolute atomic E-state index is 12.9. The van der Waals surface area contributed by atoms with Crippen LogP contribution in [0.1, 0.15) is 71.1 Å². The fourth-order valence-electron chi connectivity index (χ4n) is 6.48. The molecule has 3 atom stereocenters. The first-order chi connectivity index (χ1) is 9.57. The van der Waals surface area contributed by atoms with Gasteiger partial charge in [-0.25, -0.2) is 0 Å². The monoisotopic (exact) mass is 276 g/mol. The minimum atomic E-state index is 0.0808. The quantitative estimate of drug-likeness (QED) is 0.772. The lowest BCUT2D eigenvalue weighted by Crippen LogP contribution is -2.54. The Morgan fingerprint density at radius 1 is 1.20 bits per heavy atom. The molecule has 0 aromatic carbocycles.